The van der Waals surface area contributed by atoms with Crippen molar-refractivity contribution >= 4 is 11.9 Å². The smallest absolute Gasteiger partial charge is 0.308 e. The SMILES string of the molecule is O=C(Cc1ccc(O)cc1)NC1CCCCCC1C(=O)O. The molecule has 1 amide bonds. The zero-order valence-corrected chi connectivity index (χ0v) is 11.9. The number of aromatic hydroxyl groups is 1. The second-order valence-corrected chi connectivity index (χ2v) is 5.60. The van der Waals surface area contributed by atoms with Crippen LogP contribution in [0.4, 0.5) is 0 Å². The molecule has 3 N–H and O–H groups in total. The summed E-state index contributed by atoms with van der Waals surface area (Å²) in [5.74, 6) is -1.32. The largest absolute Gasteiger partial charge is 0.508 e. The molecule has 0 spiro atoms. The van der Waals surface area contributed by atoms with Crippen LogP contribution in [-0.2, 0) is 16.0 Å². The highest BCUT2D eigenvalue weighted by molar-refractivity contribution is 5.80. The number of amides is 1. The fourth-order valence-corrected chi connectivity index (χ4v) is 2.83. The average molecular weight is 291 g/mol. The van der Waals surface area contributed by atoms with E-state index in [1.165, 1.54) is 12.1 Å². The van der Waals surface area contributed by atoms with Crippen LogP contribution in [0.3, 0.4) is 0 Å². The first-order valence-electron chi connectivity index (χ1n) is 7.36. The minimum Gasteiger partial charge on any atom is -0.508 e. The van der Waals surface area contributed by atoms with Gasteiger partial charge in [-0.1, -0.05) is 31.4 Å². The molecule has 1 aliphatic rings. The van der Waals surface area contributed by atoms with E-state index in [0.717, 1.165) is 31.2 Å². The van der Waals surface area contributed by atoms with Crippen molar-refractivity contribution in [1.29, 1.82) is 0 Å². The number of carboxylic acid groups (broad SMARTS) is 1. The van der Waals surface area contributed by atoms with Gasteiger partial charge in [-0.05, 0) is 30.5 Å². The molecule has 5 heteroatoms. The van der Waals surface area contributed by atoms with Gasteiger partial charge in [0.05, 0.1) is 12.3 Å². The standard InChI is InChI=1S/C16H21NO4/c18-12-8-6-11(7-9-12)10-15(19)17-14-5-3-1-2-4-13(14)16(20)21/h6-9,13-14,18H,1-5,10H2,(H,17,19)(H,20,21). The lowest BCUT2D eigenvalue weighted by Gasteiger charge is -2.22. The number of aliphatic carboxylic acids is 1. The maximum atomic E-state index is 12.1. The van der Waals surface area contributed by atoms with Crippen molar-refractivity contribution in [2.75, 3.05) is 0 Å². The van der Waals surface area contributed by atoms with Crippen LogP contribution in [0.2, 0.25) is 0 Å². The molecule has 2 unspecified atom stereocenters. The third-order valence-corrected chi connectivity index (χ3v) is 3.98. The van der Waals surface area contributed by atoms with E-state index in [-0.39, 0.29) is 24.1 Å². The van der Waals surface area contributed by atoms with Gasteiger partial charge in [0, 0.05) is 6.04 Å². The van der Waals surface area contributed by atoms with Gasteiger partial charge in [0.15, 0.2) is 0 Å². The Balaban J connectivity index is 1.96. The lowest BCUT2D eigenvalue weighted by Crippen LogP contribution is -2.43. The Morgan fingerprint density at radius 3 is 2.43 bits per heavy atom. The molecule has 1 aromatic rings. The number of phenolic OH excluding ortho intramolecular Hbond substituents is 1. The molecular formula is C16H21NO4. The van der Waals surface area contributed by atoms with E-state index < -0.39 is 11.9 Å². The molecule has 1 fully saturated rings. The Kier molecular flexibility index (Phi) is 5.20. The fourth-order valence-electron chi connectivity index (χ4n) is 2.83. The van der Waals surface area contributed by atoms with E-state index in [2.05, 4.69) is 5.32 Å². The Morgan fingerprint density at radius 2 is 1.76 bits per heavy atom. The second-order valence-electron chi connectivity index (χ2n) is 5.60. The first-order chi connectivity index (χ1) is 10.1. The van der Waals surface area contributed by atoms with E-state index in [9.17, 15) is 19.8 Å². The van der Waals surface area contributed by atoms with E-state index in [1.807, 2.05) is 0 Å². The summed E-state index contributed by atoms with van der Waals surface area (Å²) in [4.78, 5) is 23.4. The zero-order chi connectivity index (χ0) is 15.2. The van der Waals surface area contributed by atoms with Crippen molar-refractivity contribution in [3.05, 3.63) is 29.8 Å². The van der Waals surface area contributed by atoms with Crippen molar-refractivity contribution in [1.82, 2.24) is 5.32 Å². The summed E-state index contributed by atoms with van der Waals surface area (Å²) in [6, 6.07) is 6.17. The molecule has 1 aliphatic carbocycles. The number of rotatable bonds is 4. The number of carbonyl (C=O) groups is 2. The molecule has 1 aromatic carbocycles. The summed E-state index contributed by atoms with van der Waals surface area (Å²) in [7, 11) is 0. The van der Waals surface area contributed by atoms with Crippen molar-refractivity contribution in [3.63, 3.8) is 0 Å². The van der Waals surface area contributed by atoms with Crippen LogP contribution in [0.5, 0.6) is 5.75 Å². The molecule has 21 heavy (non-hydrogen) atoms. The van der Waals surface area contributed by atoms with Crippen LogP contribution in [0.25, 0.3) is 0 Å². The number of hydrogen-bond acceptors (Lipinski definition) is 3. The summed E-state index contributed by atoms with van der Waals surface area (Å²) in [5, 5.41) is 21.4. The van der Waals surface area contributed by atoms with Crippen molar-refractivity contribution in [2.24, 2.45) is 5.92 Å². The van der Waals surface area contributed by atoms with Gasteiger partial charge < -0.3 is 15.5 Å². The van der Waals surface area contributed by atoms with E-state index >= 15 is 0 Å². The van der Waals surface area contributed by atoms with Gasteiger partial charge in [-0.15, -0.1) is 0 Å². The first-order valence-corrected chi connectivity index (χ1v) is 7.36. The number of carbonyl (C=O) groups excluding carboxylic acids is 1. The predicted molar refractivity (Wildman–Crippen MR) is 78.0 cm³/mol. The quantitative estimate of drug-likeness (QED) is 0.741. The predicted octanol–water partition coefficient (Wildman–Crippen LogP) is 2.08. The summed E-state index contributed by atoms with van der Waals surface area (Å²) < 4.78 is 0. The molecule has 5 nitrogen and oxygen atoms in total. The Labute approximate surface area is 124 Å². The van der Waals surface area contributed by atoms with Crippen LogP contribution in [0, 0.1) is 5.92 Å². The molecule has 0 bridgehead atoms. The zero-order valence-electron chi connectivity index (χ0n) is 11.9. The topological polar surface area (TPSA) is 86.6 Å². The highest BCUT2D eigenvalue weighted by Crippen LogP contribution is 2.24. The van der Waals surface area contributed by atoms with E-state index in [1.54, 1.807) is 12.1 Å². The van der Waals surface area contributed by atoms with Crippen LogP contribution >= 0.6 is 0 Å². The highest BCUT2D eigenvalue weighted by Gasteiger charge is 2.30. The van der Waals surface area contributed by atoms with Gasteiger partial charge >= 0.3 is 5.97 Å². The maximum absolute atomic E-state index is 12.1. The first kappa shape index (κ1) is 15.4. The number of hydrogen-bond donors (Lipinski definition) is 3. The Morgan fingerprint density at radius 1 is 1.10 bits per heavy atom. The third-order valence-electron chi connectivity index (χ3n) is 3.98. The fraction of sp³-hybridized carbons (Fsp3) is 0.500. The summed E-state index contributed by atoms with van der Waals surface area (Å²) in [5.41, 5.74) is 0.797. The number of nitrogens with one attached hydrogen (secondary N) is 1. The van der Waals surface area contributed by atoms with Crippen molar-refractivity contribution < 1.29 is 19.8 Å². The molecule has 0 aliphatic heterocycles. The van der Waals surface area contributed by atoms with Gasteiger partial charge in [-0.3, -0.25) is 9.59 Å². The molecule has 2 rings (SSSR count). The molecule has 114 valence electrons. The maximum Gasteiger partial charge on any atom is 0.308 e. The van der Waals surface area contributed by atoms with E-state index in [4.69, 9.17) is 0 Å². The lowest BCUT2D eigenvalue weighted by atomic mass is 9.94. The molecule has 0 heterocycles. The normalized spacial score (nSPS) is 22.3. The third kappa shape index (κ3) is 4.48. The number of benzene rings is 1. The Hall–Kier alpha value is -2.04. The minimum atomic E-state index is -0.827. The second kappa shape index (κ2) is 7.11. The van der Waals surface area contributed by atoms with Crippen LogP contribution in [0.1, 0.15) is 37.7 Å². The van der Waals surface area contributed by atoms with Crippen LogP contribution in [0.15, 0.2) is 24.3 Å². The van der Waals surface area contributed by atoms with Crippen molar-refractivity contribution in [2.45, 2.75) is 44.6 Å². The molecule has 0 radical (unpaired) electrons. The summed E-state index contributed by atoms with van der Waals surface area (Å²) >= 11 is 0. The molecule has 0 aromatic heterocycles. The van der Waals surface area contributed by atoms with Gasteiger partial charge in [-0.25, -0.2) is 0 Å². The van der Waals surface area contributed by atoms with Crippen molar-refractivity contribution in [3.8, 4) is 5.75 Å². The number of phenols is 1. The monoisotopic (exact) mass is 291 g/mol. The van der Waals surface area contributed by atoms with Gasteiger partial charge in [0.25, 0.3) is 0 Å². The van der Waals surface area contributed by atoms with Gasteiger partial charge in [-0.2, -0.15) is 0 Å². The number of carboxylic acids is 1. The highest BCUT2D eigenvalue weighted by atomic mass is 16.4. The average Bonchev–Trinajstić information content (AvgIpc) is 2.67. The summed E-state index contributed by atoms with van der Waals surface area (Å²) in [6.45, 7) is 0. The van der Waals surface area contributed by atoms with E-state index in [0.29, 0.717) is 6.42 Å². The summed E-state index contributed by atoms with van der Waals surface area (Å²) in [6.07, 6.45) is 4.42. The Bertz CT molecular complexity index is 498. The van der Waals surface area contributed by atoms with Crippen LogP contribution < -0.4 is 5.32 Å². The molecular weight excluding hydrogens is 270 g/mol. The van der Waals surface area contributed by atoms with Gasteiger partial charge in [0.2, 0.25) is 5.91 Å². The molecule has 0 saturated heterocycles. The van der Waals surface area contributed by atoms with Crippen LogP contribution in [-0.4, -0.2) is 28.1 Å². The molecule has 2 atom stereocenters. The van der Waals surface area contributed by atoms with Gasteiger partial charge in [0.1, 0.15) is 5.75 Å². The molecule has 1 saturated carbocycles. The minimum absolute atomic E-state index is 0.161. The lowest BCUT2D eigenvalue weighted by molar-refractivity contribution is -0.143.